The van der Waals surface area contributed by atoms with E-state index in [1.807, 2.05) is 6.92 Å². The molecule has 1 aromatic heterocycles. The summed E-state index contributed by atoms with van der Waals surface area (Å²) in [7, 11) is -2.97. The van der Waals surface area contributed by atoms with Crippen LogP contribution in [0.3, 0.4) is 0 Å². The van der Waals surface area contributed by atoms with Crippen molar-refractivity contribution in [1.29, 1.82) is 0 Å². The number of sulfone groups is 1. The van der Waals surface area contributed by atoms with Gasteiger partial charge in [0, 0.05) is 11.7 Å². The Hall–Kier alpha value is -1.43. The summed E-state index contributed by atoms with van der Waals surface area (Å²) in [6.45, 7) is 3.63. The normalized spacial score (nSPS) is 21.8. The van der Waals surface area contributed by atoms with Crippen LogP contribution < -0.4 is 5.32 Å². The summed E-state index contributed by atoms with van der Waals surface area (Å²) >= 11 is 0. The molecule has 1 aliphatic rings. The Morgan fingerprint density at radius 2 is 2.11 bits per heavy atom. The van der Waals surface area contributed by atoms with Crippen LogP contribution in [0.2, 0.25) is 0 Å². The van der Waals surface area contributed by atoms with E-state index in [4.69, 9.17) is 0 Å². The summed E-state index contributed by atoms with van der Waals surface area (Å²) in [6, 6.07) is 3.22. The van der Waals surface area contributed by atoms with E-state index < -0.39 is 9.84 Å². The van der Waals surface area contributed by atoms with Crippen molar-refractivity contribution in [2.45, 2.75) is 26.3 Å². The van der Waals surface area contributed by atoms with Crippen molar-refractivity contribution < 1.29 is 13.2 Å². The largest absolute Gasteiger partial charge is 0.348 e. The molecular formula is C12H16N2O3S. The van der Waals surface area contributed by atoms with Gasteiger partial charge in [-0.05, 0) is 32.4 Å². The molecule has 18 heavy (non-hydrogen) atoms. The molecule has 1 aliphatic heterocycles. The van der Waals surface area contributed by atoms with Gasteiger partial charge in [0.15, 0.2) is 9.84 Å². The first-order chi connectivity index (χ1) is 8.37. The van der Waals surface area contributed by atoms with E-state index in [9.17, 15) is 13.2 Å². The number of amides is 1. The maximum Gasteiger partial charge on any atom is 0.253 e. The van der Waals surface area contributed by atoms with E-state index in [1.54, 1.807) is 19.1 Å². The van der Waals surface area contributed by atoms with Crippen LogP contribution in [0.1, 0.15) is 28.2 Å². The quantitative estimate of drug-likeness (QED) is 0.853. The first-order valence-electron chi connectivity index (χ1n) is 5.83. The van der Waals surface area contributed by atoms with Gasteiger partial charge in [0.1, 0.15) is 0 Å². The molecule has 1 fully saturated rings. The molecule has 1 aromatic rings. The first-order valence-corrected chi connectivity index (χ1v) is 7.65. The molecule has 0 bridgehead atoms. The molecule has 1 N–H and O–H groups in total. The third-order valence-corrected chi connectivity index (χ3v) is 4.81. The molecule has 1 amide bonds. The number of aromatic nitrogens is 1. The molecule has 1 saturated heterocycles. The van der Waals surface area contributed by atoms with Gasteiger partial charge >= 0.3 is 0 Å². The average molecular weight is 268 g/mol. The van der Waals surface area contributed by atoms with Crippen LogP contribution in [-0.2, 0) is 9.84 Å². The van der Waals surface area contributed by atoms with Gasteiger partial charge in [-0.2, -0.15) is 0 Å². The molecule has 6 heteroatoms. The van der Waals surface area contributed by atoms with Gasteiger partial charge in [-0.15, -0.1) is 0 Å². The van der Waals surface area contributed by atoms with Gasteiger partial charge in [0.25, 0.3) is 5.91 Å². The minimum atomic E-state index is -2.97. The Balaban J connectivity index is 2.09. The maximum absolute atomic E-state index is 12.0. The van der Waals surface area contributed by atoms with E-state index in [0.717, 1.165) is 5.69 Å². The van der Waals surface area contributed by atoms with Gasteiger partial charge in [-0.3, -0.25) is 9.78 Å². The van der Waals surface area contributed by atoms with Crippen molar-refractivity contribution in [3.63, 3.8) is 0 Å². The number of nitrogens with one attached hydrogen (secondary N) is 1. The van der Waals surface area contributed by atoms with Crippen molar-refractivity contribution in [2.24, 2.45) is 0 Å². The molecule has 5 nitrogen and oxygen atoms in total. The maximum atomic E-state index is 12.0. The average Bonchev–Trinajstić information content (AvgIpc) is 2.57. The molecule has 0 aromatic carbocycles. The van der Waals surface area contributed by atoms with Gasteiger partial charge in [0.2, 0.25) is 0 Å². The molecule has 0 aliphatic carbocycles. The topological polar surface area (TPSA) is 76.1 Å². The molecule has 2 rings (SSSR count). The molecule has 1 unspecified atom stereocenters. The highest BCUT2D eigenvalue weighted by Gasteiger charge is 2.29. The minimum Gasteiger partial charge on any atom is -0.348 e. The zero-order valence-electron chi connectivity index (χ0n) is 10.4. The minimum absolute atomic E-state index is 0.0388. The molecular weight excluding hydrogens is 252 g/mol. The number of rotatable bonds is 2. The van der Waals surface area contributed by atoms with Crippen molar-refractivity contribution in [1.82, 2.24) is 10.3 Å². The third kappa shape index (κ3) is 2.87. The van der Waals surface area contributed by atoms with Crippen molar-refractivity contribution in [2.75, 3.05) is 11.5 Å². The van der Waals surface area contributed by atoms with E-state index in [-0.39, 0.29) is 23.5 Å². The zero-order chi connectivity index (χ0) is 13.3. The molecule has 1 atom stereocenters. The van der Waals surface area contributed by atoms with Crippen molar-refractivity contribution in [3.8, 4) is 0 Å². The van der Waals surface area contributed by atoms with Crippen LogP contribution in [0.25, 0.3) is 0 Å². The third-order valence-electron chi connectivity index (χ3n) is 3.04. The summed E-state index contributed by atoms with van der Waals surface area (Å²) in [5.41, 5.74) is 2.02. The van der Waals surface area contributed by atoms with Crippen LogP contribution >= 0.6 is 0 Å². The lowest BCUT2D eigenvalue weighted by atomic mass is 10.1. The Morgan fingerprint density at radius 1 is 1.39 bits per heavy atom. The molecule has 0 spiro atoms. The van der Waals surface area contributed by atoms with E-state index in [2.05, 4.69) is 10.3 Å². The van der Waals surface area contributed by atoms with Gasteiger partial charge in [-0.25, -0.2) is 8.42 Å². The van der Waals surface area contributed by atoms with E-state index >= 15 is 0 Å². The smallest absolute Gasteiger partial charge is 0.253 e. The first kappa shape index (κ1) is 13.0. The summed E-state index contributed by atoms with van der Waals surface area (Å²) < 4.78 is 22.6. The highest BCUT2D eigenvalue weighted by molar-refractivity contribution is 7.91. The summed E-state index contributed by atoms with van der Waals surface area (Å²) in [6.07, 6.45) is 0.492. The second kappa shape index (κ2) is 4.68. The standard InChI is InChI=1S/C12H16N2O3S/c1-8-3-4-11(9(2)13-8)12(15)14-10-5-6-18(16,17)7-10/h3-4,10H,5-7H2,1-2H3,(H,14,15). The van der Waals surface area contributed by atoms with Crippen molar-refractivity contribution >= 4 is 15.7 Å². The van der Waals surface area contributed by atoms with Crippen LogP contribution in [0, 0.1) is 13.8 Å². The number of hydrogen-bond acceptors (Lipinski definition) is 4. The second-order valence-corrected chi connectivity index (χ2v) is 6.89. The SMILES string of the molecule is Cc1ccc(C(=O)NC2CCS(=O)(=O)C2)c(C)n1. The fraction of sp³-hybridized carbons (Fsp3) is 0.500. The lowest BCUT2D eigenvalue weighted by Crippen LogP contribution is -2.36. The highest BCUT2D eigenvalue weighted by atomic mass is 32.2. The Kier molecular flexibility index (Phi) is 3.38. The predicted molar refractivity (Wildman–Crippen MR) is 68.2 cm³/mol. The van der Waals surface area contributed by atoms with Gasteiger partial charge < -0.3 is 5.32 Å². The molecule has 98 valence electrons. The number of aryl methyl sites for hydroxylation is 2. The number of pyridine rings is 1. The van der Waals surface area contributed by atoms with Gasteiger partial charge in [-0.1, -0.05) is 0 Å². The number of carbonyl (C=O) groups is 1. The van der Waals surface area contributed by atoms with Crippen LogP contribution in [-0.4, -0.2) is 36.9 Å². The fourth-order valence-electron chi connectivity index (χ4n) is 2.10. The predicted octanol–water partition coefficient (Wildman–Crippen LogP) is 0.615. The Morgan fingerprint density at radius 3 is 2.67 bits per heavy atom. The Labute approximate surface area is 107 Å². The van der Waals surface area contributed by atoms with E-state index in [1.165, 1.54) is 0 Å². The number of nitrogens with zero attached hydrogens (tertiary/aromatic N) is 1. The number of hydrogen-bond donors (Lipinski definition) is 1. The highest BCUT2D eigenvalue weighted by Crippen LogP contribution is 2.13. The molecule has 2 heterocycles. The fourth-order valence-corrected chi connectivity index (χ4v) is 3.77. The van der Waals surface area contributed by atoms with E-state index in [0.29, 0.717) is 17.7 Å². The lowest BCUT2D eigenvalue weighted by molar-refractivity contribution is 0.0940. The summed E-state index contributed by atoms with van der Waals surface area (Å²) in [5, 5.41) is 2.75. The monoisotopic (exact) mass is 268 g/mol. The molecule has 0 radical (unpaired) electrons. The second-order valence-electron chi connectivity index (χ2n) is 4.66. The van der Waals surface area contributed by atoms with Gasteiger partial charge in [0.05, 0.1) is 22.8 Å². The number of carbonyl (C=O) groups excluding carboxylic acids is 1. The summed E-state index contributed by atoms with van der Waals surface area (Å²) in [5.74, 6) is -0.0535. The molecule has 0 saturated carbocycles. The lowest BCUT2D eigenvalue weighted by Gasteiger charge is -2.12. The van der Waals surface area contributed by atoms with Crippen LogP contribution in [0.4, 0.5) is 0 Å². The summed E-state index contributed by atoms with van der Waals surface area (Å²) in [4.78, 5) is 16.2. The zero-order valence-corrected chi connectivity index (χ0v) is 11.3. The van der Waals surface area contributed by atoms with Crippen molar-refractivity contribution in [3.05, 3.63) is 29.1 Å². The Bertz CT molecular complexity index is 581. The van der Waals surface area contributed by atoms with Crippen LogP contribution in [0.5, 0.6) is 0 Å². The van der Waals surface area contributed by atoms with Crippen LogP contribution in [0.15, 0.2) is 12.1 Å².